The molecule has 2 heteroatoms. The second-order valence-corrected chi connectivity index (χ2v) is 15.2. The van der Waals surface area contributed by atoms with Crippen molar-refractivity contribution in [2.75, 3.05) is 0 Å². The summed E-state index contributed by atoms with van der Waals surface area (Å²) >= 11 is 4.52. The van der Waals surface area contributed by atoms with Crippen LogP contribution in [0.2, 0.25) is 0 Å². The Morgan fingerprint density at radius 1 is 0.500 bits per heavy atom. The van der Waals surface area contributed by atoms with Crippen molar-refractivity contribution in [2.24, 2.45) is 35.5 Å². The molecule has 8 fully saturated rings. The van der Waals surface area contributed by atoms with Crippen LogP contribution in [0.5, 0.6) is 0 Å². The molecule has 0 unspecified atom stereocenters. The molecular formula is C20H30BrP. The maximum absolute atomic E-state index is 4.52. The fourth-order valence-corrected chi connectivity index (χ4v) is 15.2. The first kappa shape index (κ1) is 14.1. The highest BCUT2D eigenvalue weighted by atomic mass is 79.9. The molecule has 8 aliphatic carbocycles. The normalized spacial score (nSPS) is 62.6. The predicted octanol–water partition coefficient (Wildman–Crippen LogP) is 6.72. The van der Waals surface area contributed by atoms with Crippen molar-refractivity contribution >= 4 is 22.1 Å². The van der Waals surface area contributed by atoms with E-state index in [-0.39, 0.29) is 6.62 Å². The highest BCUT2D eigenvalue weighted by Crippen LogP contribution is 2.81. The smallest absolute Gasteiger partial charge is 0.00165 e. The van der Waals surface area contributed by atoms with E-state index >= 15 is 0 Å². The molecule has 8 bridgehead atoms. The highest BCUT2D eigenvalue weighted by molar-refractivity contribution is 9.39. The summed E-state index contributed by atoms with van der Waals surface area (Å²) in [7, 11) is 0. The van der Waals surface area contributed by atoms with Crippen molar-refractivity contribution in [3.63, 3.8) is 0 Å². The third-order valence-electron chi connectivity index (χ3n) is 8.84. The minimum atomic E-state index is 0.0837. The van der Waals surface area contributed by atoms with Crippen molar-refractivity contribution in [1.82, 2.24) is 0 Å². The zero-order valence-corrected chi connectivity index (χ0v) is 16.3. The molecule has 8 aliphatic rings. The molecule has 8 saturated carbocycles. The monoisotopic (exact) mass is 380 g/mol. The predicted molar refractivity (Wildman–Crippen MR) is 97.7 cm³/mol. The van der Waals surface area contributed by atoms with E-state index in [1.54, 1.807) is 77.0 Å². The van der Waals surface area contributed by atoms with Gasteiger partial charge in [-0.3, -0.25) is 0 Å². The Labute approximate surface area is 145 Å². The van der Waals surface area contributed by atoms with Crippen LogP contribution in [0.15, 0.2) is 0 Å². The van der Waals surface area contributed by atoms with Gasteiger partial charge in [0.05, 0.1) is 0 Å². The Kier molecular flexibility index (Phi) is 2.92. The lowest BCUT2D eigenvalue weighted by atomic mass is 9.55. The summed E-state index contributed by atoms with van der Waals surface area (Å²) < 4.78 is 0. The fourth-order valence-electron chi connectivity index (χ4n) is 9.11. The van der Waals surface area contributed by atoms with E-state index in [0.29, 0.717) is 0 Å². The van der Waals surface area contributed by atoms with Gasteiger partial charge in [0.1, 0.15) is 0 Å². The van der Waals surface area contributed by atoms with E-state index < -0.39 is 0 Å². The topological polar surface area (TPSA) is 0 Å². The first-order chi connectivity index (χ1) is 10.6. The Hall–Kier alpha value is 0.910. The van der Waals surface area contributed by atoms with Crippen LogP contribution in [0, 0.1) is 35.5 Å². The summed E-state index contributed by atoms with van der Waals surface area (Å²) in [5.74, 6) is 6.77. The van der Waals surface area contributed by atoms with Crippen LogP contribution in [0.25, 0.3) is 0 Å². The average Bonchev–Trinajstić information content (AvgIpc) is 2.43. The van der Waals surface area contributed by atoms with Crippen molar-refractivity contribution in [3.05, 3.63) is 0 Å². The number of halogens is 1. The zero-order chi connectivity index (χ0) is 14.5. The quantitative estimate of drug-likeness (QED) is 0.466. The second kappa shape index (κ2) is 4.55. The number of hydrogen-bond acceptors (Lipinski definition) is 0. The molecule has 0 aromatic rings. The van der Waals surface area contributed by atoms with Gasteiger partial charge in [-0.05, 0) is 119 Å². The molecule has 0 N–H and O–H groups in total. The Morgan fingerprint density at radius 3 is 0.955 bits per heavy atom. The minimum Gasteiger partial charge on any atom is -0.0593 e. The van der Waals surface area contributed by atoms with E-state index in [4.69, 9.17) is 0 Å². The SMILES string of the molecule is BrP(C12CC3CC(CC(C3)C1)C2)C12CC3CC(CC(C3)C1)C2. The van der Waals surface area contributed by atoms with Gasteiger partial charge in [-0.1, -0.05) is 15.5 Å². The summed E-state index contributed by atoms with van der Waals surface area (Å²) in [4.78, 5) is 0. The maximum atomic E-state index is 4.52. The lowest BCUT2D eigenvalue weighted by molar-refractivity contribution is 0.0204. The summed E-state index contributed by atoms with van der Waals surface area (Å²) in [6.07, 6.45) is 19.4. The molecule has 0 atom stereocenters. The lowest BCUT2D eigenvalue weighted by Gasteiger charge is -2.66. The van der Waals surface area contributed by atoms with Crippen LogP contribution < -0.4 is 0 Å². The number of rotatable bonds is 2. The highest BCUT2D eigenvalue weighted by Gasteiger charge is 2.62. The van der Waals surface area contributed by atoms with Crippen LogP contribution in [0.4, 0.5) is 0 Å². The standard InChI is InChI=1S/C20H30BrP/c21-22(19-7-13-1-14(8-19)3-15(2-13)9-19)20-10-16-4-17(11-20)6-18(5-16)12-20/h13-18H,1-12H2. The molecule has 0 aromatic heterocycles. The molecule has 122 valence electrons. The maximum Gasteiger partial charge on any atom is 0.00165 e. The van der Waals surface area contributed by atoms with Gasteiger partial charge in [-0.2, -0.15) is 0 Å². The second-order valence-electron chi connectivity index (χ2n) is 10.6. The Bertz CT molecular complexity index is 383. The molecule has 0 heterocycles. The molecule has 0 nitrogen and oxygen atoms in total. The lowest BCUT2D eigenvalue weighted by Crippen LogP contribution is -2.55. The molecule has 22 heavy (non-hydrogen) atoms. The summed E-state index contributed by atoms with van der Waals surface area (Å²) in [5, 5.41) is 1.57. The van der Waals surface area contributed by atoms with Crippen LogP contribution in [-0.4, -0.2) is 10.3 Å². The third-order valence-corrected chi connectivity index (χ3v) is 16.1. The van der Waals surface area contributed by atoms with E-state index in [1.165, 1.54) is 0 Å². The third kappa shape index (κ3) is 1.85. The average molecular weight is 381 g/mol. The van der Waals surface area contributed by atoms with E-state index in [1.807, 2.05) is 0 Å². The van der Waals surface area contributed by atoms with Gasteiger partial charge in [0, 0.05) is 10.3 Å². The van der Waals surface area contributed by atoms with Crippen LogP contribution in [0.1, 0.15) is 77.0 Å². The molecule has 0 spiro atoms. The van der Waals surface area contributed by atoms with Crippen molar-refractivity contribution in [3.8, 4) is 0 Å². The number of hydrogen-bond donors (Lipinski definition) is 0. The Morgan fingerprint density at radius 2 is 0.727 bits per heavy atom. The summed E-state index contributed by atoms with van der Waals surface area (Å²) in [6, 6.07) is 0. The first-order valence-corrected chi connectivity index (χ1v) is 13.4. The molecular weight excluding hydrogens is 351 g/mol. The van der Waals surface area contributed by atoms with Gasteiger partial charge in [-0.25, -0.2) is 0 Å². The summed E-state index contributed by atoms with van der Waals surface area (Å²) in [5.41, 5.74) is 0. The van der Waals surface area contributed by atoms with E-state index in [0.717, 1.165) is 45.8 Å². The van der Waals surface area contributed by atoms with Gasteiger partial charge in [-0.15, -0.1) is 0 Å². The molecule has 0 aromatic carbocycles. The largest absolute Gasteiger partial charge is 0.0593 e. The van der Waals surface area contributed by atoms with Crippen molar-refractivity contribution < 1.29 is 0 Å². The zero-order valence-electron chi connectivity index (χ0n) is 13.8. The van der Waals surface area contributed by atoms with Gasteiger partial charge in [0.25, 0.3) is 0 Å². The molecule has 0 aliphatic heterocycles. The molecule has 0 saturated heterocycles. The summed E-state index contributed by atoms with van der Waals surface area (Å²) in [6.45, 7) is 0.0837. The van der Waals surface area contributed by atoms with Crippen LogP contribution in [0.3, 0.4) is 0 Å². The Balaban J connectivity index is 1.36. The van der Waals surface area contributed by atoms with Crippen molar-refractivity contribution in [2.45, 2.75) is 87.4 Å². The van der Waals surface area contributed by atoms with Gasteiger partial charge >= 0.3 is 0 Å². The van der Waals surface area contributed by atoms with Gasteiger partial charge in [0.15, 0.2) is 0 Å². The van der Waals surface area contributed by atoms with Gasteiger partial charge in [0.2, 0.25) is 0 Å². The van der Waals surface area contributed by atoms with Gasteiger partial charge < -0.3 is 0 Å². The van der Waals surface area contributed by atoms with Crippen LogP contribution >= 0.6 is 22.1 Å². The molecule has 0 amide bonds. The van der Waals surface area contributed by atoms with E-state index in [9.17, 15) is 0 Å². The first-order valence-electron chi connectivity index (χ1n) is 10.1. The minimum absolute atomic E-state index is 0.0837. The molecule has 8 rings (SSSR count). The fraction of sp³-hybridized carbons (Fsp3) is 1.00. The molecule has 0 radical (unpaired) electrons. The van der Waals surface area contributed by atoms with E-state index in [2.05, 4.69) is 15.5 Å². The van der Waals surface area contributed by atoms with Crippen LogP contribution in [-0.2, 0) is 0 Å². The van der Waals surface area contributed by atoms with Crippen molar-refractivity contribution in [1.29, 1.82) is 0 Å².